The number of aromatic nitrogens is 2. The highest BCUT2D eigenvalue weighted by Gasteiger charge is 2.21. The summed E-state index contributed by atoms with van der Waals surface area (Å²) >= 11 is 7.57. The van der Waals surface area contributed by atoms with E-state index in [9.17, 15) is 14.4 Å². The number of carbonyl (C=O) groups is 3. The van der Waals surface area contributed by atoms with Crippen molar-refractivity contribution < 1.29 is 19.1 Å². The second kappa shape index (κ2) is 10.2. The quantitative estimate of drug-likeness (QED) is 0.400. The molecule has 0 saturated carbocycles. The summed E-state index contributed by atoms with van der Waals surface area (Å²) in [6.07, 6.45) is 0.851. The Balaban J connectivity index is 1.56. The second-order valence-corrected chi connectivity index (χ2v) is 8.91. The lowest BCUT2D eigenvalue weighted by atomic mass is 10.1. The first-order chi connectivity index (χ1) is 16.7. The summed E-state index contributed by atoms with van der Waals surface area (Å²) in [7, 11) is 1.47. The number of ether oxygens (including phenoxy) is 1. The lowest BCUT2D eigenvalue weighted by Crippen LogP contribution is -2.33. The number of aryl methyl sites for hydroxylation is 1. The van der Waals surface area contributed by atoms with Crippen LogP contribution in [-0.4, -0.2) is 46.4 Å². The van der Waals surface area contributed by atoms with E-state index in [0.717, 1.165) is 11.1 Å². The predicted octanol–water partition coefficient (Wildman–Crippen LogP) is 4.01. The Bertz CT molecular complexity index is 1310. The number of benzene rings is 1. The number of hydrogen-bond donors (Lipinski definition) is 4. The Labute approximate surface area is 209 Å². The number of halogens is 1. The molecule has 3 heterocycles. The van der Waals surface area contributed by atoms with Crippen LogP contribution in [0.15, 0.2) is 29.8 Å². The molecule has 0 aliphatic carbocycles. The maximum Gasteiger partial charge on any atom is 0.413 e. The number of nitrogens with one attached hydrogen (secondary N) is 4. The highest BCUT2D eigenvalue weighted by molar-refractivity contribution is 7.12. The van der Waals surface area contributed by atoms with Gasteiger partial charge in [0, 0.05) is 31.9 Å². The van der Waals surface area contributed by atoms with E-state index in [1.807, 2.05) is 18.4 Å². The molecule has 0 unspecified atom stereocenters. The molecule has 182 valence electrons. The first kappa shape index (κ1) is 24.2. The fraction of sp³-hybridized carbons (Fsp3) is 0.227. The van der Waals surface area contributed by atoms with E-state index < -0.39 is 6.09 Å². The summed E-state index contributed by atoms with van der Waals surface area (Å²) in [6, 6.07) is 5.38. The first-order valence-corrected chi connectivity index (χ1v) is 11.7. The zero-order chi connectivity index (χ0) is 25.1. The molecule has 0 radical (unpaired) electrons. The van der Waals surface area contributed by atoms with Crippen molar-refractivity contribution >= 4 is 69.7 Å². The van der Waals surface area contributed by atoms with Crippen molar-refractivity contribution in [3.05, 3.63) is 45.9 Å². The van der Waals surface area contributed by atoms with E-state index in [-0.39, 0.29) is 29.3 Å². The average Bonchev–Trinajstić information content (AvgIpc) is 3.05. The Morgan fingerprint density at radius 3 is 2.80 bits per heavy atom. The molecule has 0 spiro atoms. The van der Waals surface area contributed by atoms with E-state index in [4.69, 9.17) is 16.3 Å². The molecular weight excluding hydrogens is 494 g/mol. The molecule has 1 aliphatic rings. The Morgan fingerprint density at radius 2 is 2.06 bits per heavy atom. The van der Waals surface area contributed by atoms with Gasteiger partial charge in [0.05, 0.1) is 11.9 Å². The molecule has 0 fully saturated rings. The van der Waals surface area contributed by atoms with Crippen LogP contribution in [0.4, 0.5) is 33.6 Å². The monoisotopic (exact) mass is 515 g/mol. The smallest absolute Gasteiger partial charge is 0.397 e. The maximum atomic E-state index is 12.2. The predicted molar refractivity (Wildman–Crippen MR) is 134 cm³/mol. The summed E-state index contributed by atoms with van der Waals surface area (Å²) in [4.78, 5) is 45.8. The number of carbonyl (C=O) groups excluding carboxylic acids is 3. The van der Waals surface area contributed by atoms with Gasteiger partial charge in [-0.25, -0.2) is 9.78 Å². The fourth-order valence-electron chi connectivity index (χ4n) is 3.30. The molecule has 2 aromatic heterocycles. The first-order valence-electron chi connectivity index (χ1n) is 10.5. The van der Waals surface area contributed by atoms with Gasteiger partial charge in [0.25, 0.3) is 0 Å². The van der Waals surface area contributed by atoms with Gasteiger partial charge in [0.15, 0.2) is 5.82 Å². The average molecular weight is 516 g/mol. The molecule has 4 rings (SSSR count). The number of amides is 3. The number of fused-ring (bicyclic) bond motifs is 1. The van der Waals surface area contributed by atoms with Gasteiger partial charge < -0.3 is 30.9 Å². The maximum absolute atomic E-state index is 12.2. The van der Waals surface area contributed by atoms with Crippen LogP contribution in [0.2, 0.25) is 5.02 Å². The van der Waals surface area contributed by atoms with Crippen LogP contribution < -0.4 is 26.0 Å². The number of hydrogen-bond acceptors (Lipinski definition) is 9. The van der Waals surface area contributed by atoms with Crippen LogP contribution in [-0.2, 0) is 16.1 Å². The van der Waals surface area contributed by atoms with E-state index in [0.29, 0.717) is 34.5 Å². The summed E-state index contributed by atoms with van der Waals surface area (Å²) in [6.45, 7) is 3.62. The van der Waals surface area contributed by atoms with Crippen LogP contribution in [0.25, 0.3) is 0 Å². The molecule has 0 atom stereocenters. The summed E-state index contributed by atoms with van der Waals surface area (Å²) in [5, 5.41) is 13.9. The molecule has 1 aromatic carbocycles. The van der Waals surface area contributed by atoms with Gasteiger partial charge in [-0.3, -0.25) is 9.59 Å². The SMILES string of the molecule is CNC(=O)Oc1scc(C)c1Nc1nc(Nc2ccc3c(c2)NC(=O)CN(C(C)=O)C3)ncc1Cl. The third kappa shape index (κ3) is 5.61. The van der Waals surface area contributed by atoms with Crippen LogP contribution in [0.5, 0.6) is 5.06 Å². The lowest BCUT2D eigenvalue weighted by Gasteiger charge is -2.17. The van der Waals surface area contributed by atoms with Crippen molar-refractivity contribution in [2.24, 2.45) is 0 Å². The summed E-state index contributed by atoms with van der Waals surface area (Å²) in [5.74, 6) is 0.122. The standard InChI is InChI=1S/C22H22ClN7O4S/c1-11-10-35-20(34-22(33)24-3)18(11)28-19-15(23)7-25-21(29-19)26-14-5-4-13-8-30(12(2)31)9-17(32)27-16(13)6-14/h4-7,10H,8-9H2,1-3H3,(H,24,33)(H,27,32)(H2,25,26,28,29). The van der Waals surface area contributed by atoms with Crippen molar-refractivity contribution in [1.82, 2.24) is 20.2 Å². The van der Waals surface area contributed by atoms with Crippen molar-refractivity contribution in [2.45, 2.75) is 20.4 Å². The second-order valence-electron chi connectivity index (χ2n) is 7.66. The molecule has 4 N–H and O–H groups in total. The minimum Gasteiger partial charge on any atom is -0.397 e. The molecule has 1 aliphatic heterocycles. The summed E-state index contributed by atoms with van der Waals surface area (Å²) < 4.78 is 5.29. The van der Waals surface area contributed by atoms with Crippen molar-refractivity contribution in [1.29, 1.82) is 0 Å². The molecule has 0 bridgehead atoms. The molecule has 0 saturated heterocycles. The summed E-state index contributed by atoms with van der Waals surface area (Å²) in [5.41, 5.74) is 3.45. The highest BCUT2D eigenvalue weighted by Crippen LogP contribution is 2.38. The van der Waals surface area contributed by atoms with Gasteiger partial charge in [-0.15, -0.1) is 11.3 Å². The van der Waals surface area contributed by atoms with Crippen molar-refractivity contribution in [3.8, 4) is 5.06 Å². The number of rotatable bonds is 5. The molecule has 11 nitrogen and oxygen atoms in total. The van der Waals surface area contributed by atoms with Crippen molar-refractivity contribution in [2.75, 3.05) is 29.5 Å². The fourth-order valence-corrected chi connectivity index (χ4v) is 4.29. The van der Waals surface area contributed by atoms with E-state index in [1.54, 1.807) is 12.1 Å². The van der Waals surface area contributed by atoms with Gasteiger partial charge >= 0.3 is 6.09 Å². The molecule has 3 amide bonds. The normalized spacial score (nSPS) is 12.8. The van der Waals surface area contributed by atoms with Crippen LogP contribution in [0.3, 0.4) is 0 Å². The number of anilines is 5. The van der Waals surface area contributed by atoms with E-state index >= 15 is 0 Å². The highest BCUT2D eigenvalue weighted by atomic mass is 35.5. The van der Waals surface area contributed by atoms with Crippen LogP contribution in [0.1, 0.15) is 18.1 Å². The Kier molecular flexibility index (Phi) is 7.03. The van der Waals surface area contributed by atoms with Gasteiger partial charge in [-0.2, -0.15) is 4.98 Å². The third-order valence-electron chi connectivity index (χ3n) is 5.10. The molecule has 3 aromatic rings. The van der Waals surface area contributed by atoms with Gasteiger partial charge in [0.2, 0.25) is 22.8 Å². The van der Waals surface area contributed by atoms with Gasteiger partial charge in [0.1, 0.15) is 11.6 Å². The zero-order valence-electron chi connectivity index (χ0n) is 19.1. The topological polar surface area (TPSA) is 138 Å². The molecule has 13 heteroatoms. The Morgan fingerprint density at radius 1 is 1.26 bits per heavy atom. The number of thiophene rings is 1. The number of nitrogens with zero attached hydrogens (tertiary/aromatic N) is 3. The van der Waals surface area contributed by atoms with Gasteiger partial charge in [-0.1, -0.05) is 17.7 Å². The van der Waals surface area contributed by atoms with Crippen LogP contribution >= 0.6 is 22.9 Å². The minimum atomic E-state index is -0.590. The van der Waals surface area contributed by atoms with Gasteiger partial charge in [-0.05, 0) is 35.6 Å². The van der Waals surface area contributed by atoms with E-state index in [2.05, 4.69) is 31.2 Å². The molecule has 35 heavy (non-hydrogen) atoms. The molecular formula is C22H22ClN7O4S. The minimum absolute atomic E-state index is 0.00425. The third-order valence-corrected chi connectivity index (χ3v) is 6.35. The van der Waals surface area contributed by atoms with Crippen molar-refractivity contribution in [3.63, 3.8) is 0 Å². The van der Waals surface area contributed by atoms with Crippen LogP contribution in [0, 0.1) is 6.92 Å². The Hall–Kier alpha value is -3.90. The van der Waals surface area contributed by atoms with E-state index in [1.165, 1.54) is 36.4 Å². The zero-order valence-corrected chi connectivity index (χ0v) is 20.6. The lowest BCUT2D eigenvalue weighted by molar-refractivity contribution is -0.133. The largest absolute Gasteiger partial charge is 0.413 e.